The van der Waals surface area contributed by atoms with Crippen molar-refractivity contribution in [2.75, 3.05) is 13.6 Å². The number of carbonyl (C=O) groups excluding carboxylic acids is 1. The van der Waals surface area contributed by atoms with Gasteiger partial charge in [-0.05, 0) is 12.3 Å². The third-order valence-corrected chi connectivity index (χ3v) is 2.76. The van der Waals surface area contributed by atoms with Gasteiger partial charge in [0, 0.05) is 13.6 Å². The van der Waals surface area contributed by atoms with Crippen LogP contribution >= 0.6 is 0 Å². The molecule has 0 rings (SSSR count). The molecule has 0 aliphatic heterocycles. The number of aliphatic carboxylic acids is 1. The van der Waals surface area contributed by atoms with Crippen molar-refractivity contribution in [1.29, 1.82) is 0 Å². The minimum Gasteiger partial charge on any atom is -0.480 e. The molecular formula is C11H22N2O3. The van der Waals surface area contributed by atoms with Crippen molar-refractivity contribution < 1.29 is 14.7 Å². The van der Waals surface area contributed by atoms with Crippen molar-refractivity contribution in [3.8, 4) is 0 Å². The van der Waals surface area contributed by atoms with E-state index in [1.165, 1.54) is 11.9 Å². The molecule has 0 radical (unpaired) electrons. The summed E-state index contributed by atoms with van der Waals surface area (Å²) in [6.45, 7) is 6.41. The topological polar surface area (TPSA) is 69.6 Å². The van der Waals surface area contributed by atoms with Crippen LogP contribution in [0.3, 0.4) is 0 Å². The molecule has 0 bridgehead atoms. The van der Waals surface area contributed by atoms with E-state index in [4.69, 9.17) is 5.11 Å². The number of carbonyl (C=O) groups is 2. The number of amides is 2. The summed E-state index contributed by atoms with van der Waals surface area (Å²) in [6, 6.07) is -1.08. The first-order chi connectivity index (χ1) is 7.43. The summed E-state index contributed by atoms with van der Waals surface area (Å²) in [5.74, 6) is -0.564. The highest BCUT2D eigenvalue weighted by Gasteiger charge is 2.24. The summed E-state index contributed by atoms with van der Waals surface area (Å²) >= 11 is 0. The Labute approximate surface area is 96.8 Å². The first-order valence-electron chi connectivity index (χ1n) is 5.67. The second-order valence-electron chi connectivity index (χ2n) is 4.07. The van der Waals surface area contributed by atoms with E-state index in [0.29, 0.717) is 18.9 Å². The van der Waals surface area contributed by atoms with Crippen molar-refractivity contribution in [1.82, 2.24) is 10.2 Å². The zero-order valence-corrected chi connectivity index (χ0v) is 10.5. The highest BCUT2D eigenvalue weighted by molar-refractivity contribution is 5.82. The second-order valence-corrected chi connectivity index (χ2v) is 4.07. The average Bonchev–Trinajstić information content (AvgIpc) is 2.25. The van der Waals surface area contributed by atoms with Crippen LogP contribution in [-0.4, -0.2) is 41.6 Å². The van der Waals surface area contributed by atoms with E-state index in [2.05, 4.69) is 5.32 Å². The van der Waals surface area contributed by atoms with E-state index >= 15 is 0 Å². The van der Waals surface area contributed by atoms with Gasteiger partial charge in [0.1, 0.15) is 6.04 Å². The predicted octanol–water partition coefficient (Wildman–Crippen LogP) is 1.54. The Hall–Kier alpha value is -1.26. The predicted molar refractivity (Wildman–Crippen MR) is 62.3 cm³/mol. The monoisotopic (exact) mass is 230 g/mol. The summed E-state index contributed by atoms with van der Waals surface area (Å²) in [4.78, 5) is 23.7. The lowest BCUT2D eigenvalue weighted by atomic mass is 10.1. The molecule has 0 aliphatic carbocycles. The lowest BCUT2D eigenvalue weighted by Crippen LogP contribution is -2.47. The van der Waals surface area contributed by atoms with Crippen LogP contribution in [0.15, 0.2) is 0 Å². The lowest BCUT2D eigenvalue weighted by Gasteiger charge is -2.24. The maximum absolute atomic E-state index is 11.6. The fourth-order valence-electron chi connectivity index (χ4n) is 1.29. The van der Waals surface area contributed by atoms with Crippen LogP contribution < -0.4 is 5.32 Å². The van der Waals surface area contributed by atoms with E-state index in [1.807, 2.05) is 13.8 Å². The van der Waals surface area contributed by atoms with Gasteiger partial charge in [0.2, 0.25) is 0 Å². The maximum atomic E-state index is 11.6. The molecule has 94 valence electrons. The molecule has 0 aromatic heterocycles. The highest BCUT2D eigenvalue weighted by atomic mass is 16.4. The molecule has 0 saturated heterocycles. The van der Waals surface area contributed by atoms with Crippen LogP contribution in [0.1, 0.15) is 33.6 Å². The standard InChI is InChI=1S/C11H22N2O3/c1-5-8(3)7-12-11(16)13(4)9(6-2)10(14)15/h8-9H,5-7H2,1-4H3,(H,12,16)(H,14,15). The van der Waals surface area contributed by atoms with Crippen LogP contribution in [0, 0.1) is 5.92 Å². The number of nitrogens with one attached hydrogen (secondary N) is 1. The van der Waals surface area contributed by atoms with Gasteiger partial charge in [-0.25, -0.2) is 9.59 Å². The first kappa shape index (κ1) is 14.7. The molecule has 0 heterocycles. The van der Waals surface area contributed by atoms with Crippen LogP contribution in [-0.2, 0) is 4.79 Å². The number of nitrogens with zero attached hydrogens (tertiary/aromatic N) is 1. The molecule has 2 unspecified atom stereocenters. The molecule has 0 fully saturated rings. The normalized spacial score (nSPS) is 14.0. The SMILES string of the molecule is CCC(C)CNC(=O)N(C)C(CC)C(=O)O. The number of carboxylic acids is 1. The van der Waals surface area contributed by atoms with E-state index in [1.54, 1.807) is 6.92 Å². The van der Waals surface area contributed by atoms with Gasteiger partial charge >= 0.3 is 12.0 Å². The van der Waals surface area contributed by atoms with Crippen molar-refractivity contribution in [3.05, 3.63) is 0 Å². The van der Waals surface area contributed by atoms with Gasteiger partial charge in [0.25, 0.3) is 0 Å². The van der Waals surface area contributed by atoms with Gasteiger partial charge < -0.3 is 15.3 Å². The molecule has 5 heteroatoms. The third-order valence-electron chi connectivity index (χ3n) is 2.76. The average molecular weight is 230 g/mol. The van der Waals surface area contributed by atoms with E-state index < -0.39 is 12.0 Å². The van der Waals surface area contributed by atoms with Gasteiger partial charge in [-0.15, -0.1) is 0 Å². The summed E-state index contributed by atoms with van der Waals surface area (Å²) in [6.07, 6.45) is 1.39. The van der Waals surface area contributed by atoms with Crippen molar-refractivity contribution >= 4 is 12.0 Å². The van der Waals surface area contributed by atoms with Gasteiger partial charge in [-0.2, -0.15) is 0 Å². The zero-order chi connectivity index (χ0) is 12.7. The van der Waals surface area contributed by atoms with Crippen molar-refractivity contribution in [3.63, 3.8) is 0 Å². The molecule has 0 saturated carbocycles. The van der Waals surface area contributed by atoms with Crippen LogP contribution in [0.4, 0.5) is 4.79 Å². The largest absolute Gasteiger partial charge is 0.480 e. The zero-order valence-electron chi connectivity index (χ0n) is 10.5. The molecule has 5 nitrogen and oxygen atoms in total. The Morgan fingerprint density at radius 2 is 1.88 bits per heavy atom. The Balaban J connectivity index is 4.21. The summed E-state index contributed by atoms with van der Waals surface area (Å²) < 4.78 is 0. The van der Waals surface area contributed by atoms with E-state index in [0.717, 1.165) is 6.42 Å². The lowest BCUT2D eigenvalue weighted by molar-refractivity contribution is -0.141. The summed E-state index contributed by atoms with van der Waals surface area (Å²) in [7, 11) is 1.51. The van der Waals surface area contributed by atoms with Gasteiger partial charge in [0.15, 0.2) is 0 Å². The summed E-state index contributed by atoms with van der Waals surface area (Å²) in [5.41, 5.74) is 0. The van der Waals surface area contributed by atoms with Crippen LogP contribution in [0.2, 0.25) is 0 Å². The van der Waals surface area contributed by atoms with Crippen LogP contribution in [0.5, 0.6) is 0 Å². The number of urea groups is 1. The van der Waals surface area contributed by atoms with Crippen LogP contribution in [0.25, 0.3) is 0 Å². The quantitative estimate of drug-likeness (QED) is 0.727. The third kappa shape index (κ3) is 4.51. The molecule has 0 spiro atoms. The van der Waals surface area contributed by atoms with E-state index in [-0.39, 0.29) is 6.03 Å². The fraction of sp³-hybridized carbons (Fsp3) is 0.818. The number of hydrogen-bond acceptors (Lipinski definition) is 2. The Kier molecular flexibility index (Phi) is 6.53. The summed E-state index contributed by atoms with van der Waals surface area (Å²) in [5, 5.41) is 11.6. The number of hydrogen-bond donors (Lipinski definition) is 2. The minimum atomic E-state index is -0.969. The molecular weight excluding hydrogens is 208 g/mol. The molecule has 2 N–H and O–H groups in total. The maximum Gasteiger partial charge on any atom is 0.326 e. The van der Waals surface area contributed by atoms with Gasteiger partial charge in [-0.3, -0.25) is 0 Å². The van der Waals surface area contributed by atoms with Gasteiger partial charge in [0.05, 0.1) is 0 Å². The first-order valence-corrected chi connectivity index (χ1v) is 5.67. The second kappa shape index (κ2) is 7.09. The van der Waals surface area contributed by atoms with Crippen molar-refractivity contribution in [2.45, 2.75) is 39.7 Å². The fourth-order valence-corrected chi connectivity index (χ4v) is 1.29. The molecule has 0 aromatic rings. The van der Waals surface area contributed by atoms with Crippen molar-refractivity contribution in [2.24, 2.45) is 5.92 Å². The molecule has 0 aromatic carbocycles. The Bertz CT molecular complexity index is 243. The molecule has 16 heavy (non-hydrogen) atoms. The smallest absolute Gasteiger partial charge is 0.326 e. The minimum absolute atomic E-state index is 0.324. The molecule has 0 aliphatic rings. The Morgan fingerprint density at radius 1 is 1.31 bits per heavy atom. The number of carboxylic acid groups (broad SMARTS) is 1. The number of likely N-dealkylation sites (N-methyl/N-ethyl adjacent to an activating group) is 1. The van der Waals surface area contributed by atoms with Gasteiger partial charge in [-0.1, -0.05) is 27.2 Å². The molecule has 2 atom stereocenters. The molecule has 2 amide bonds. The Morgan fingerprint density at radius 3 is 2.25 bits per heavy atom. The van der Waals surface area contributed by atoms with E-state index in [9.17, 15) is 9.59 Å². The highest BCUT2D eigenvalue weighted by Crippen LogP contribution is 2.03. The number of rotatable bonds is 6.